The maximum Gasteiger partial charge on any atom is 0.337 e. The van der Waals surface area contributed by atoms with Gasteiger partial charge in [0.15, 0.2) is 5.78 Å². The number of allylic oxidation sites excluding steroid dienone is 3. The number of carbonyl (C=O) groups is 2. The second-order valence-electron chi connectivity index (χ2n) is 8.05. The SMILES string of the molecule is C=CCOC(=O)C1=C(C)NC2=C(C(=O)CC(c3ccc(Cl)cc3)C2)C1c1ccc(O)cc1. The van der Waals surface area contributed by atoms with Gasteiger partial charge in [-0.25, -0.2) is 4.79 Å². The molecule has 6 heteroatoms. The summed E-state index contributed by atoms with van der Waals surface area (Å²) in [5, 5.41) is 13.7. The van der Waals surface area contributed by atoms with Gasteiger partial charge in [-0.2, -0.15) is 0 Å². The molecule has 2 aromatic carbocycles. The summed E-state index contributed by atoms with van der Waals surface area (Å²) >= 11 is 6.03. The number of aromatic hydroxyl groups is 1. The molecule has 32 heavy (non-hydrogen) atoms. The largest absolute Gasteiger partial charge is 0.508 e. The maximum absolute atomic E-state index is 13.5. The molecule has 164 valence electrons. The van der Waals surface area contributed by atoms with Crippen LogP contribution in [0, 0.1) is 0 Å². The summed E-state index contributed by atoms with van der Waals surface area (Å²) < 4.78 is 5.34. The molecular formula is C26H24ClNO4. The van der Waals surface area contributed by atoms with Crippen LogP contribution in [-0.4, -0.2) is 23.5 Å². The molecule has 2 unspecified atom stereocenters. The number of phenolic OH excluding ortho intramolecular Hbond substituents is 1. The Kier molecular flexibility index (Phi) is 6.19. The third-order valence-corrected chi connectivity index (χ3v) is 6.20. The highest BCUT2D eigenvalue weighted by Crippen LogP contribution is 2.46. The molecule has 1 aliphatic carbocycles. The number of nitrogens with one attached hydrogen (secondary N) is 1. The molecule has 4 rings (SSSR count). The van der Waals surface area contributed by atoms with Gasteiger partial charge in [0, 0.05) is 34.3 Å². The summed E-state index contributed by atoms with van der Waals surface area (Å²) in [5.74, 6) is -0.937. The average Bonchev–Trinajstić information content (AvgIpc) is 2.77. The Hall–Kier alpha value is -3.31. The van der Waals surface area contributed by atoms with Crippen LogP contribution >= 0.6 is 11.6 Å². The molecule has 2 aromatic rings. The molecule has 0 amide bonds. The van der Waals surface area contributed by atoms with Crippen LogP contribution in [0.5, 0.6) is 5.75 Å². The van der Waals surface area contributed by atoms with E-state index in [1.54, 1.807) is 24.3 Å². The van der Waals surface area contributed by atoms with Crippen molar-refractivity contribution in [3.05, 3.63) is 99.9 Å². The van der Waals surface area contributed by atoms with E-state index in [9.17, 15) is 14.7 Å². The lowest BCUT2D eigenvalue weighted by atomic mass is 9.72. The summed E-state index contributed by atoms with van der Waals surface area (Å²) in [5.41, 5.74) is 4.25. The Morgan fingerprint density at radius 2 is 1.81 bits per heavy atom. The van der Waals surface area contributed by atoms with E-state index in [1.165, 1.54) is 6.08 Å². The Balaban J connectivity index is 1.77. The summed E-state index contributed by atoms with van der Waals surface area (Å²) in [6.45, 7) is 5.49. The molecule has 0 radical (unpaired) electrons. The first-order valence-corrected chi connectivity index (χ1v) is 10.8. The lowest BCUT2D eigenvalue weighted by Gasteiger charge is -2.36. The molecule has 2 atom stereocenters. The molecule has 1 heterocycles. The van der Waals surface area contributed by atoms with Gasteiger partial charge in [0.05, 0.1) is 5.57 Å². The maximum atomic E-state index is 13.5. The number of rotatable bonds is 5. The van der Waals surface area contributed by atoms with E-state index in [-0.39, 0.29) is 24.1 Å². The van der Waals surface area contributed by atoms with Crippen LogP contribution in [0.1, 0.15) is 42.7 Å². The molecule has 0 saturated heterocycles. The number of Topliss-reactive ketones (excluding diaryl/α,β-unsaturated/α-hetero) is 1. The number of benzene rings is 2. The van der Waals surface area contributed by atoms with Crippen LogP contribution in [0.3, 0.4) is 0 Å². The highest BCUT2D eigenvalue weighted by atomic mass is 35.5. The first-order chi connectivity index (χ1) is 15.4. The van der Waals surface area contributed by atoms with Gasteiger partial charge < -0.3 is 15.2 Å². The number of esters is 1. The smallest absolute Gasteiger partial charge is 0.337 e. The number of carbonyl (C=O) groups excluding carboxylic acids is 2. The van der Waals surface area contributed by atoms with Gasteiger partial charge in [0.25, 0.3) is 0 Å². The van der Waals surface area contributed by atoms with Crippen molar-refractivity contribution in [1.29, 1.82) is 0 Å². The predicted octanol–water partition coefficient (Wildman–Crippen LogP) is 5.14. The Bertz CT molecular complexity index is 1130. The van der Waals surface area contributed by atoms with Crippen LogP contribution in [0.25, 0.3) is 0 Å². The van der Waals surface area contributed by atoms with Gasteiger partial charge in [0.1, 0.15) is 12.4 Å². The number of dihydropyridines is 1. The van der Waals surface area contributed by atoms with E-state index in [4.69, 9.17) is 16.3 Å². The Morgan fingerprint density at radius 3 is 2.47 bits per heavy atom. The van der Waals surface area contributed by atoms with Gasteiger partial charge >= 0.3 is 5.97 Å². The zero-order valence-electron chi connectivity index (χ0n) is 17.7. The first kappa shape index (κ1) is 21.9. The Labute approximate surface area is 192 Å². The van der Waals surface area contributed by atoms with Crippen molar-refractivity contribution in [2.24, 2.45) is 0 Å². The van der Waals surface area contributed by atoms with Crippen molar-refractivity contribution in [2.45, 2.75) is 31.6 Å². The number of phenols is 1. The molecular weight excluding hydrogens is 426 g/mol. The minimum absolute atomic E-state index is 0.0155. The molecule has 1 aliphatic heterocycles. The molecule has 0 spiro atoms. The second kappa shape index (κ2) is 9.05. The van der Waals surface area contributed by atoms with Gasteiger partial charge in [-0.15, -0.1) is 0 Å². The monoisotopic (exact) mass is 449 g/mol. The van der Waals surface area contributed by atoms with Crippen LogP contribution in [0.4, 0.5) is 0 Å². The van der Waals surface area contributed by atoms with Crippen molar-refractivity contribution in [3.63, 3.8) is 0 Å². The fourth-order valence-corrected chi connectivity index (χ4v) is 4.62. The van der Waals surface area contributed by atoms with Gasteiger partial charge in [-0.3, -0.25) is 4.79 Å². The van der Waals surface area contributed by atoms with Crippen LogP contribution < -0.4 is 5.32 Å². The van der Waals surface area contributed by atoms with Crippen LogP contribution in [-0.2, 0) is 14.3 Å². The number of hydrogen-bond acceptors (Lipinski definition) is 5. The van der Waals surface area contributed by atoms with Crippen molar-refractivity contribution in [1.82, 2.24) is 5.32 Å². The molecule has 0 fully saturated rings. The third-order valence-electron chi connectivity index (χ3n) is 5.95. The summed E-state index contributed by atoms with van der Waals surface area (Å²) in [7, 11) is 0. The zero-order valence-corrected chi connectivity index (χ0v) is 18.5. The number of halogens is 1. The minimum Gasteiger partial charge on any atom is -0.508 e. The van der Waals surface area contributed by atoms with E-state index >= 15 is 0 Å². The van der Waals surface area contributed by atoms with E-state index in [2.05, 4.69) is 11.9 Å². The first-order valence-electron chi connectivity index (χ1n) is 10.5. The van der Waals surface area contributed by atoms with E-state index in [1.807, 2.05) is 31.2 Å². The molecule has 0 bridgehead atoms. The molecule has 0 saturated carbocycles. The average molecular weight is 450 g/mol. The Morgan fingerprint density at radius 1 is 1.16 bits per heavy atom. The van der Waals surface area contributed by atoms with Gasteiger partial charge in [0.2, 0.25) is 0 Å². The van der Waals surface area contributed by atoms with Gasteiger partial charge in [-0.1, -0.05) is 48.5 Å². The third kappa shape index (κ3) is 4.21. The number of ether oxygens (including phenoxy) is 1. The highest BCUT2D eigenvalue weighted by molar-refractivity contribution is 6.30. The fraction of sp³-hybridized carbons (Fsp3) is 0.231. The summed E-state index contributed by atoms with van der Waals surface area (Å²) in [4.78, 5) is 26.4. The summed E-state index contributed by atoms with van der Waals surface area (Å²) in [6, 6.07) is 14.2. The molecule has 5 nitrogen and oxygen atoms in total. The predicted molar refractivity (Wildman–Crippen MR) is 123 cm³/mol. The molecule has 0 aromatic heterocycles. The molecule has 2 N–H and O–H groups in total. The van der Waals surface area contributed by atoms with E-state index in [0.29, 0.717) is 34.7 Å². The fourth-order valence-electron chi connectivity index (χ4n) is 4.49. The van der Waals surface area contributed by atoms with Crippen molar-refractivity contribution in [2.75, 3.05) is 6.61 Å². The lowest BCUT2D eigenvalue weighted by molar-refractivity contribution is -0.138. The van der Waals surface area contributed by atoms with Crippen LogP contribution in [0.2, 0.25) is 5.02 Å². The lowest BCUT2D eigenvalue weighted by Crippen LogP contribution is -2.36. The normalized spacial score (nSPS) is 20.5. The van der Waals surface area contributed by atoms with E-state index in [0.717, 1.165) is 16.8 Å². The minimum atomic E-state index is -0.567. The van der Waals surface area contributed by atoms with Crippen LogP contribution in [0.15, 0.2) is 83.7 Å². The quantitative estimate of drug-likeness (QED) is 0.488. The zero-order chi connectivity index (χ0) is 22.8. The standard InChI is InChI=1S/C26H24ClNO4/c1-3-12-32-26(31)23-15(2)28-21-13-18(16-4-8-19(27)9-5-16)14-22(30)25(21)24(23)17-6-10-20(29)11-7-17/h3-11,18,24,28-29H,1,12-14H2,2H3. The number of ketones is 1. The summed E-state index contributed by atoms with van der Waals surface area (Å²) in [6.07, 6.45) is 2.49. The topological polar surface area (TPSA) is 75.6 Å². The van der Waals surface area contributed by atoms with Gasteiger partial charge in [-0.05, 0) is 54.7 Å². The van der Waals surface area contributed by atoms with Crippen molar-refractivity contribution >= 4 is 23.4 Å². The van der Waals surface area contributed by atoms with E-state index < -0.39 is 11.9 Å². The molecule has 2 aliphatic rings. The van der Waals surface area contributed by atoms with Crippen molar-refractivity contribution < 1.29 is 19.4 Å². The highest BCUT2D eigenvalue weighted by Gasteiger charge is 2.41. The number of hydrogen-bond donors (Lipinski definition) is 2. The van der Waals surface area contributed by atoms with Crippen molar-refractivity contribution in [3.8, 4) is 5.75 Å². The second-order valence-corrected chi connectivity index (χ2v) is 8.48.